The van der Waals surface area contributed by atoms with Gasteiger partial charge in [-0.05, 0) is 60.2 Å². The second-order valence-electron chi connectivity index (χ2n) is 8.24. The quantitative estimate of drug-likeness (QED) is 0.376. The first kappa shape index (κ1) is 23.6. The maximum atomic E-state index is 13.7. The highest BCUT2D eigenvalue weighted by Gasteiger charge is 2.26. The number of Topliss-reactive ketones (excluding diaryl/α,β-unsaturated/α-hetero) is 1. The Kier molecular flexibility index (Phi) is 6.77. The Labute approximate surface area is 198 Å². The monoisotopic (exact) mass is 474 g/mol. The van der Waals surface area contributed by atoms with E-state index in [9.17, 15) is 18.0 Å². The minimum absolute atomic E-state index is 0.0154. The van der Waals surface area contributed by atoms with Gasteiger partial charge in [-0.1, -0.05) is 55.5 Å². The molecule has 0 unspecified atom stereocenters. The van der Waals surface area contributed by atoms with Gasteiger partial charge in [-0.25, -0.2) is 8.42 Å². The third-order valence-electron chi connectivity index (χ3n) is 5.82. The van der Waals surface area contributed by atoms with E-state index in [1.54, 1.807) is 18.2 Å². The Morgan fingerprint density at radius 1 is 0.882 bits per heavy atom. The Bertz CT molecular complexity index is 1510. The molecule has 0 fully saturated rings. The highest BCUT2D eigenvalue weighted by atomic mass is 32.2. The van der Waals surface area contributed by atoms with Gasteiger partial charge in [0, 0.05) is 29.7 Å². The van der Waals surface area contributed by atoms with Crippen LogP contribution in [-0.4, -0.2) is 23.5 Å². The maximum absolute atomic E-state index is 13.7. The second-order valence-corrected chi connectivity index (χ2v) is 10.2. The lowest BCUT2D eigenvalue weighted by Gasteiger charge is -2.23. The van der Waals surface area contributed by atoms with Crippen molar-refractivity contribution in [3.05, 3.63) is 111 Å². The number of aryl methyl sites for hydroxylation is 1. The normalized spacial score (nSPS) is 11.7. The molecule has 0 radical (unpaired) electrons. The number of carbonyl (C=O) groups excluding carboxylic acids is 1. The molecule has 0 aliphatic rings. The number of benzene rings is 3. The highest BCUT2D eigenvalue weighted by molar-refractivity contribution is 7.89. The zero-order valence-corrected chi connectivity index (χ0v) is 19.9. The zero-order chi connectivity index (χ0) is 24.3. The smallest absolute Gasteiger partial charge is 0.252 e. The van der Waals surface area contributed by atoms with Crippen LogP contribution in [0.3, 0.4) is 0 Å². The Hall–Kier alpha value is -3.55. The number of nitrogens with one attached hydrogen (secondary N) is 1. The summed E-state index contributed by atoms with van der Waals surface area (Å²) in [7, 11) is -4.01. The first-order chi connectivity index (χ1) is 16.3. The van der Waals surface area contributed by atoms with Crippen molar-refractivity contribution >= 4 is 26.7 Å². The molecule has 0 amide bonds. The number of hydrogen-bond acceptors (Lipinski definition) is 4. The molecule has 0 saturated heterocycles. The number of aromatic nitrogens is 1. The molecule has 6 nitrogen and oxygen atoms in total. The van der Waals surface area contributed by atoms with Gasteiger partial charge in [0.2, 0.25) is 10.0 Å². The third-order valence-corrected chi connectivity index (χ3v) is 7.61. The van der Waals surface area contributed by atoms with Crippen molar-refractivity contribution in [2.45, 2.75) is 38.3 Å². The lowest BCUT2D eigenvalue weighted by molar-refractivity contribution is 0.101. The molecule has 4 rings (SSSR count). The van der Waals surface area contributed by atoms with Gasteiger partial charge in [0.15, 0.2) is 5.78 Å². The van der Waals surface area contributed by atoms with E-state index in [1.807, 2.05) is 48.5 Å². The van der Waals surface area contributed by atoms with E-state index in [-0.39, 0.29) is 29.3 Å². The van der Waals surface area contributed by atoms with E-state index in [1.165, 1.54) is 23.4 Å². The fourth-order valence-electron chi connectivity index (χ4n) is 3.87. The summed E-state index contributed by atoms with van der Waals surface area (Å²) in [5, 5.41) is 0.851. The highest BCUT2D eigenvalue weighted by Crippen LogP contribution is 2.23. The lowest BCUT2D eigenvalue weighted by Crippen LogP contribution is -2.32. The molecule has 0 aliphatic heterocycles. The van der Waals surface area contributed by atoms with Crippen molar-refractivity contribution < 1.29 is 13.2 Å². The van der Waals surface area contributed by atoms with Crippen LogP contribution in [0.25, 0.3) is 10.9 Å². The van der Waals surface area contributed by atoms with Crippen molar-refractivity contribution in [3.8, 4) is 0 Å². The fourth-order valence-corrected chi connectivity index (χ4v) is 5.32. The zero-order valence-electron chi connectivity index (χ0n) is 19.1. The average Bonchev–Trinajstić information content (AvgIpc) is 2.84. The van der Waals surface area contributed by atoms with Gasteiger partial charge in [-0.2, -0.15) is 4.31 Å². The Balaban J connectivity index is 1.79. The van der Waals surface area contributed by atoms with Crippen LogP contribution >= 0.6 is 0 Å². The summed E-state index contributed by atoms with van der Waals surface area (Å²) in [6.45, 7) is 3.42. The number of nitrogens with zero attached hydrogens (tertiary/aromatic N) is 1. The molecule has 174 valence electrons. The fraction of sp³-hybridized carbons (Fsp3) is 0.185. The van der Waals surface area contributed by atoms with Crippen LogP contribution < -0.4 is 5.56 Å². The first-order valence-corrected chi connectivity index (χ1v) is 12.5. The molecule has 0 saturated carbocycles. The van der Waals surface area contributed by atoms with E-state index in [0.717, 1.165) is 22.9 Å². The van der Waals surface area contributed by atoms with Crippen LogP contribution in [0, 0.1) is 0 Å². The predicted octanol–water partition coefficient (Wildman–Crippen LogP) is 4.68. The van der Waals surface area contributed by atoms with Crippen LogP contribution in [0.1, 0.15) is 40.9 Å². The van der Waals surface area contributed by atoms with E-state index in [2.05, 4.69) is 11.9 Å². The number of sulfonamides is 1. The minimum Gasteiger partial charge on any atom is -0.322 e. The summed E-state index contributed by atoms with van der Waals surface area (Å²) < 4.78 is 28.7. The molecule has 3 aromatic carbocycles. The number of H-pyrrole nitrogens is 1. The van der Waals surface area contributed by atoms with E-state index in [4.69, 9.17) is 0 Å². The van der Waals surface area contributed by atoms with E-state index >= 15 is 0 Å². The van der Waals surface area contributed by atoms with Gasteiger partial charge >= 0.3 is 0 Å². The van der Waals surface area contributed by atoms with Gasteiger partial charge in [0.05, 0.1) is 4.90 Å². The van der Waals surface area contributed by atoms with E-state index in [0.29, 0.717) is 16.6 Å². The van der Waals surface area contributed by atoms with Crippen LogP contribution in [0.4, 0.5) is 0 Å². The van der Waals surface area contributed by atoms with Crippen molar-refractivity contribution in [1.82, 2.24) is 9.29 Å². The van der Waals surface area contributed by atoms with Crippen molar-refractivity contribution in [3.63, 3.8) is 0 Å². The van der Waals surface area contributed by atoms with Crippen LogP contribution in [0.2, 0.25) is 0 Å². The number of hydrogen-bond donors (Lipinski definition) is 1. The number of ketones is 1. The van der Waals surface area contributed by atoms with Crippen molar-refractivity contribution in [1.29, 1.82) is 0 Å². The summed E-state index contributed by atoms with van der Waals surface area (Å²) >= 11 is 0. The van der Waals surface area contributed by atoms with Gasteiger partial charge in [-0.15, -0.1) is 0 Å². The second kappa shape index (κ2) is 9.75. The molecule has 0 atom stereocenters. The number of rotatable bonds is 8. The largest absolute Gasteiger partial charge is 0.322 e. The topological polar surface area (TPSA) is 87.3 Å². The Morgan fingerprint density at radius 3 is 2.35 bits per heavy atom. The van der Waals surface area contributed by atoms with Gasteiger partial charge in [0.1, 0.15) is 0 Å². The molecule has 34 heavy (non-hydrogen) atoms. The number of pyridine rings is 1. The maximum Gasteiger partial charge on any atom is 0.252 e. The van der Waals surface area contributed by atoms with Gasteiger partial charge in [0.25, 0.3) is 5.56 Å². The molecule has 4 aromatic rings. The predicted molar refractivity (Wildman–Crippen MR) is 133 cm³/mol. The third kappa shape index (κ3) is 5.00. The number of aromatic amines is 1. The molecule has 1 heterocycles. The van der Waals surface area contributed by atoms with Gasteiger partial charge < -0.3 is 4.98 Å². The van der Waals surface area contributed by atoms with Crippen LogP contribution in [0.5, 0.6) is 0 Å². The number of fused-ring (bicyclic) bond motifs is 1. The van der Waals surface area contributed by atoms with Gasteiger partial charge in [-0.3, -0.25) is 9.59 Å². The molecule has 7 heteroatoms. The summed E-state index contributed by atoms with van der Waals surface area (Å²) in [6, 6.07) is 22.8. The molecule has 0 aliphatic carbocycles. The minimum atomic E-state index is -4.01. The molecule has 1 N–H and O–H groups in total. The standard InChI is InChI=1S/C27H26N2O4S/c1-3-20-12-13-26-23(14-20)15-24(27(31)28-26)18-29(17-21-8-5-4-6-9-21)34(32,33)25-11-7-10-22(16-25)19(2)30/h4-16H,3,17-18H2,1-2H3,(H,28,31). The van der Waals surface area contributed by atoms with Crippen molar-refractivity contribution in [2.24, 2.45) is 0 Å². The molecule has 1 aromatic heterocycles. The first-order valence-electron chi connectivity index (χ1n) is 11.1. The summed E-state index contributed by atoms with van der Waals surface area (Å²) in [4.78, 5) is 27.6. The number of carbonyl (C=O) groups is 1. The molecule has 0 bridgehead atoms. The Morgan fingerprint density at radius 2 is 1.65 bits per heavy atom. The molecule has 0 spiro atoms. The lowest BCUT2D eigenvalue weighted by atomic mass is 10.1. The van der Waals surface area contributed by atoms with E-state index < -0.39 is 10.0 Å². The SMILES string of the molecule is CCc1ccc2[nH]c(=O)c(CN(Cc3ccccc3)S(=O)(=O)c3cccc(C(C)=O)c3)cc2c1. The molecular formula is C27H26N2O4S. The van der Waals surface area contributed by atoms with Crippen LogP contribution in [-0.2, 0) is 29.5 Å². The van der Waals surface area contributed by atoms with Crippen LogP contribution in [0.15, 0.2) is 88.6 Å². The average molecular weight is 475 g/mol. The summed E-state index contributed by atoms with van der Waals surface area (Å²) in [5.74, 6) is -0.218. The summed E-state index contributed by atoms with van der Waals surface area (Å²) in [5.41, 5.74) is 2.96. The molecular weight excluding hydrogens is 448 g/mol. The van der Waals surface area contributed by atoms with Crippen molar-refractivity contribution in [2.75, 3.05) is 0 Å². The summed E-state index contributed by atoms with van der Waals surface area (Å²) in [6.07, 6.45) is 0.853.